The van der Waals surface area contributed by atoms with E-state index in [0.29, 0.717) is 18.6 Å². The van der Waals surface area contributed by atoms with E-state index >= 15 is 0 Å². The van der Waals surface area contributed by atoms with Crippen molar-refractivity contribution in [1.82, 2.24) is 15.5 Å². The summed E-state index contributed by atoms with van der Waals surface area (Å²) in [7, 11) is 0. The summed E-state index contributed by atoms with van der Waals surface area (Å²) in [6.07, 6.45) is 2.17. The molecule has 0 saturated carbocycles. The topological polar surface area (TPSA) is 44.4 Å². The smallest absolute Gasteiger partial charge is 0.234 e. The highest BCUT2D eigenvalue weighted by Crippen LogP contribution is 2.04. The molecule has 1 rings (SSSR count). The number of carbonyl (C=O) groups is 1. The third-order valence-electron chi connectivity index (χ3n) is 3.16. The van der Waals surface area contributed by atoms with Crippen LogP contribution < -0.4 is 10.6 Å². The highest BCUT2D eigenvalue weighted by atomic mass is 16.2. The maximum absolute atomic E-state index is 11.8. The molecule has 2 N–H and O–H groups in total. The number of nitrogens with zero attached hydrogens (tertiary/aromatic N) is 1. The number of nitrogens with one attached hydrogen (secondary N) is 2. The maximum Gasteiger partial charge on any atom is 0.234 e. The first-order valence-electron chi connectivity index (χ1n) is 6.41. The van der Waals surface area contributed by atoms with Crippen LogP contribution in [0.25, 0.3) is 0 Å². The third-order valence-corrected chi connectivity index (χ3v) is 3.16. The predicted octanol–water partition coefficient (Wildman–Crippen LogP) is 0.585. The van der Waals surface area contributed by atoms with E-state index in [4.69, 9.17) is 0 Å². The first-order valence-corrected chi connectivity index (χ1v) is 6.41. The number of likely N-dealkylation sites (N-methyl/N-ethyl adjacent to an activating group) is 1. The molecule has 0 spiro atoms. The molecule has 1 heterocycles. The third kappa shape index (κ3) is 4.10. The molecule has 1 aliphatic heterocycles. The highest BCUT2D eigenvalue weighted by molar-refractivity contribution is 5.78. The van der Waals surface area contributed by atoms with E-state index in [1.54, 1.807) is 0 Å². The molecule has 4 heteroatoms. The van der Waals surface area contributed by atoms with Crippen molar-refractivity contribution >= 4 is 5.91 Å². The van der Waals surface area contributed by atoms with Gasteiger partial charge in [-0.05, 0) is 19.9 Å². The van der Waals surface area contributed by atoms with Crippen LogP contribution in [0.15, 0.2) is 0 Å². The monoisotopic (exact) mass is 227 g/mol. The summed E-state index contributed by atoms with van der Waals surface area (Å²) in [6.45, 7) is 9.85. The molecule has 1 saturated heterocycles. The van der Waals surface area contributed by atoms with Crippen molar-refractivity contribution in [3.8, 4) is 0 Å². The normalized spacial score (nSPS) is 18.2. The summed E-state index contributed by atoms with van der Waals surface area (Å²) in [5, 5.41) is 6.28. The van der Waals surface area contributed by atoms with Gasteiger partial charge in [0.2, 0.25) is 5.91 Å². The van der Waals surface area contributed by atoms with E-state index in [2.05, 4.69) is 36.3 Å². The van der Waals surface area contributed by atoms with Gasteiger partial charge in [-0.1, -0.05) is 20.3 Å². The van der Waals surface area contributed by atoms with Crippen molar-refractivity contribution in [1.29, 1.82) is 0 Å². The molecular weight excluding hydrogens is 202 g/mol. The molecule has 0 aromatic heterocycles. The lowest BCUT2D eigenvalue weighted by molar-refractivity contribution is -0.123. The molecule has 0 aromatic rings. The van der Waals surface area contributed by atoms with Gasteiger partial charge in [0.1, 0.15) is 0 Å². The quantitative estimate of drug-likeness (QED) is 0.669. The Kier molecular flexibility index (Phi) is 5.77. The molecule has 1 fully saturated rings. The Morgan fingerprint density at radius 3 is 2.62 bits per heavy atom. The lowest BCUT2D eigenvalue weighted by Crippen LogP contribution is -2.59. The second-order valence-electron chi connectivity index (χ2n) is 4.63. The SMILES string of the molecule is CCCC(C)NC(=O)CN(CC)C1CNC1. The minimum Gasteiger partial charge on any atom is -0.353 e. The minimum absolute atomic E-state index is 0.162. The summed E-state index contributed by atoms with van der Waals surface area (Å²) in [5.74, 6) is 0.162. The predicted molar refractivity (Wildman–Crippen MR) is 66.4 cm³/mol. The minimum atomic E-state index is 0.162. The molecule has 94 valence electrons. The zero-order valence-corrected chi connectivity index (χ0v) is 10.8. The van der Waals surface area contributed by atoms with Gasteiger partial charge in [-0.15, -0.1) is 0 Å². The van der Waals surface area contributed by atoms with Crippen LogP contribution in [-0.2, 0) is 4.79 Å². The van der Waals surface area contributed by atoms with Crippen LogP contribution in [0.5, 0.6) is 0 Å². The molecule has 0 radical (unpaired) electrons. The van der Waals surface area contributed by atoms with E-state index in [1.807, 2.05) is 0 Å². The lowest BCUT2D eigenvalue weighted by atomic mass is 10.1. The number of hydrogen-bond donors (Lipinski definition) is 2. The Morgan fingerprint density at radius 1 is 1.50 bits per heavy atom. The van der Waals surface area contributed by atoms with Crippen molar-refractivity contribution in [3.05, 3.63) is 0 Å². The van der Waals surface area contributed by atoms with Gasteiger partial charge in [0.15, 0.2) is 0 Å². The molecule has 1 aliphatic rings. The van der Waals surface area contributed by atoms with Crippen molar-refractivity contribution < 1.29 is 4.79 Å². The zero-order chi connectivity index (χ0) is 12.0. The van der Waals surface area contributed by atoms with Gasteiger partial charge < -0.3 is 10.6 Å². The Labute approximate surface area is 98.8 Å². The molecule has 0 aromatic carbocycles. The maximum atomic E-state index is 11.8. The van der Waals surface area contributed by atoms with Crippen LogP contribution in [0.3, 0.4) is 0 Å². The van der Waals surface area contributed by atoms with Crippen LogP contribution >= 0.6 is 0 Å². The fourth-order valence-corrected chi connectivity index (χ4v) is 2.04. The van der Waals surface area contributed by atoms with E-state index in [-0.39, 0.29) is 5.91 Å². The van der Waals surface area contributed by atoms with Crippen molar-refractivity contribution in [3.63, 3.8) is 0 Å². The van der Waals surface area contributed by atoms with E-state index in [0.717, 1.165) is 32.5 Å². The van der Waals surface area contributed by atoms with Gasteiger partial charge in [-0.3, -0.25) is 9.69 Å². The lowest BCUT2D eigenvalue weighted by Gasteiger charge is -2.37. The van der Waals surface area contributed by atoms with Crippen molar-refractivity contribution in [2.24, 2.45) is 0 Å². The van der Waals surface area contributed by atoms with E-state index < -0.39 is 0 Å². The van der Waals surface area contributed by atoms with Crippen LogP contribution in [0.2, 0.25) is 0 Å². The van der Waals surface area contributed by atoms with Crippen LogP contribution in [0.1, 0.15) is 33.6 Å². The molecule has 0 bridgehead atoms. The van der Waals surface area contributed by atoms with Crippen LogP contribution in [-0.4, -0.2) is 49.1 Å². The summed E-state index contributed by atoms with van der Waals surface area (Å²) >= 11 is 0. The van der Waals surface area contributed by atoms with Crippen LogP contribution in [0, 0.1) is 0 Å². The molecule has 16 heavy (non-hydrogen) atoms. The van der Waals surface area contributed by atoms with Gasteiger partial charge in [-0.2, -0.15) is 0 Å². The highest BCUT2D eigenvalue weighted by Gasteiger charge is 2.24. The average molecular weight is 227 g/mol. The summed E-state index contributed by atoms with van der Waals surface area (Å²) in [5.41, 5.74) is 0. The second kappa shape index (κ2) is 6.86. The van der Waals surface area contributed by atoms with E-state index in [1.165, 1.54) is 0 Å². The summed E-state index contributed by atoms with van der Waals surface area (Å²) < 4.78 is 0. The van der Waals surface area contributed by atoms with E-state index in [9.17, 15) is 4.79 Å². The van der Waals surface area contributed by atoms with Gasteiger partial charge >= 0.3 is 0 Å². The summed E-state index contributed by atoms with van der Waals surface area (Å²) in [6, 6.07) is 0.855. The molecule has 1 unspecified atom stereocenters. The van der Waals surface area contributed by atoms with Gasteiger partial charge in [0.25, 0.3) is 0 Å². The molecular formula is C12H25N3O. The number of hydrogen-bond acceptors (Lipinski definition) is 3. The Morgan fingerprint density at radius 2 is 2.19 bits per heavy atom. The van der Waals surface area contributed by atoms with Gasteiger partial charge in [0, 0.05) is 25.2 Å². The van der Waals surface area contributed by atoms with Crippen LogP contribution in [0.4, 0.5) is 0 Å². The number of rotatable bonds is 7. The molecule has 4 nitrogen and oxygen atoms in total. The number of amides is 1. The fourth-order valence-electron chi connectivity index (χ4n) is 2.04. The molecule has 0 aliphatic carbocycles. The molecule has 1 amide bonds. The summed E-state index contributed by atoms with van der Waals surface area (Å²) in [4.78, 5) is 14.0. The van der Waals surface area contributed by atoms with Gasteiger partial charge in [0.05, 0.1) is 6.54 Å². The van der Waals surface area contributed by atoms with Gasteiger partial charge in [-0.25, -0.2) is 0 Å². The standard InChI is InChI=1S/C12H25N3O/c1-4-6-10(3)14-12(16)9-15(5-2)11-7-13-8-11/h10-11,13H,4-9H2,1-3H3,(H,14,16). The second-order valence-corrected chi connectivity index (χ2v) is 4.63. The Hall–Kier alpha value is -0.610. The average Bonchev–Trinajstić information content (AvgIpc) is 2.13. The largest absolute Gasteiger partial charge is 0.353 e. The Bertz CT molecular complexity index is 216. The first-order chi connectivity index (χ1) is 7.67. The first kappa shape index (κ1) is 13.5. The fraction of sp³-hybridized carbons (Fsp3) is 0.917. The Balaban J connectivity index is 2.25. The molecule has 1 atom stereocenters. The van der Waals surface area contributed by atoms with Crippen molar-refractivity contribution in [2.75, 3.05) is 26.2 Å². The number of carbonyl (C=O) groups excluding carboxylic acids is 1. The zero-order valence-electron chi connectivity index (χ0n) is 10.8. The van der Waals surface area contributed by atoms with Crippen molar-refractivity contribution in [2.45, 2.75) is 45.7 Å².